The summed E-state index contributed by atoms with van der Waals surface area (Å²) in [5.74, 6) is -0.164. The Morgan fingerprint density at radius 3 is 2.80 bits per heavy atom. The second-order valence-electron chi connectivity index (χ2n) is 4.95. The van der Waals surface area contributed by atoms with Crippen molar-refractivity contribution in [1.29, 1.82) is 0 Å². The van der Waals surface area contributed by atoms with E-state index >= 15 is 0 Å². The lowest BCUT2D eigenvalue weighted by Gasteiger charge is -2.30. The van der Waals surface area contributed by atoms with Crippen LogP contribution in [0.5, 0.6) is 0 Å². The lowest BCUT2D eigenvalue weighted by atomic mass is 9.98. The van der Waals surface area contributed by atoms with Gasteiger partial charge in [0.05, 0.1) is 0 Å². The highest BCUT2D eigenvalue weighted by Crippen LogP contribution is 2.18. The SMILES string of the molecule is O=C(/C=C/c1cc(Br)ccc1F)N1CCC(CO)CC1. The molecule has 2 rings (SSSR count). The van der Waals surface area contributed by atoms with Crippen LogP contribution in [0.25, 0.3) is 6.08 Å². The van der Waals surface area contributed by atoms with Gasteiger partial charge in [0.1, 0.15) is 5.82 Å². The van der Waals surface area contributed by atoms with Crippen molar-refractivity contribution >= 4 is 27.9 Å². The van der Waals surface area contributed by atoms with Crippen LogP contribution >= 0.6 is 15.9 Å². The largest absolute Gasteiger partial charge is 0.396 e. The second kappa shape index (κ2) is 6.99. The molecule has 0 aliphatic carbocycles. The molecule has 1 aromatic rings. The molecule has 1 aliphatic heterocycles. The summed E-state index contributed by atoms with van der Waals surface area (Å²) in [5.41, 5.74) is 0.387. The minimum Gasteiger partial charge on any atom is -0.396 e. The highest BCUT2D eigenvalue weighted by atomic mass is 79.9. The summed E-state index contributed by atoms with van der Waals surface area (Å²) in [5, 5.41) is 9.06. The van der Waals surface area contributed by atoms with Gasteiger partial charge in [0.2, 0.25) is 5.91 Å². The highest BCUT2D eigenvalue weighted by molar-refractivity contribution is 9.10. The Bertz CT molecular complexity index is 511. The molecule has 0 saturated carbocycles. The van der Waals surface area contributed by atoms with Crippen LogP contribution in [0.2, 0.25) is 0 Å². The molecule has 5 heteroatoms. The van der Waals surface area contributed by atoms with E-state index in [4.69, 9.17) is 5.11 Å². The predicted octanol–water partition coefficient (Wildman–Crippen LogP) is 2.83. The third-order valence-corrected chi connectivity index (χ3v) is 4.04. The average molecular weight is 342 g/mol. The van der Waals surface area contributed by atoms with Gasteiger partial charge in [0.25, 0.3) is 0 Å². The molecule has 1 aliphatic rings. The molecule has 1 saturated heterocycles. The smallest absolute Gasteiger partial charge is 0.246 e. The first-order chi connectivity index (χ1) is 9.60. The molecule has 3 nitrogen and oxygen atoms in total. The number of hydrogen-bond acceptors (Lipinski definition) is 2. The number of carbonyl (C=O) groups is 1. The first-order valence-electron chi connectivity index (χ1n) is 6.63. The number of benzene rings is 1. The number of amides is 1. The monoisotopic (exact) mass is 341 g/mol. The van der Waals surface area contributed by atoms with Crippen molar-refractivity contribution in [2.24, 2.45) is 5.92 Å². The molecule has 0 bridgehead atoms. The Balaban J connectivity index is 1.97. The zero-order valence-electron chi connectivity index (χ0n) is 11.1. The normalized spacial score (nSPS) is 16.9. The topological polar surface area (TPSA) is 40.5 Å². The van der Waals surface area contributed by atoms with E-state index in [2.05, 4.69) is 15.9 Å². The molecule has 0 unspecified atom stereocenters. The summed E-state index contributed by atoms with van der Waals surface area (Å²) in [6.07, 6.45) is 4.55. The van der Waals surface area contributed by atoms with Gasteiger partial charge in [-0.1, -0.05) is 15.9 Å². The van der Waals surface area contributed by atoms with Crippen LogP contribution in [0.3, 0.4) is 0 Å². The zero-order valence-corrected chi connectivity index (χ0v) is 12.6. The predicted molar refractivity (Wildman–Crippen MR) is 79.5 cm³/mol. The molecular weight excluding hydrogens is 325 g/mol. The first kappa shape index (κ1) is 15.2. The molecule has 0 radical (unpaired) electrons. The molecule has 0 aromatic heterocycles. The van der Waals surface area contributed by atoms with Gasteiger partial charge in [-0.05, 0) is 43.0 Å². The maximum atomic E-state index is 13.5. The van der Waals surface area contributed by atoms with Crippen LogP contribution in [0, 0.1) is 11.7 Å². The van der Waals surface area contributed by atoms with Crippen molar-refractivity contribution in [2.75, 3.05) is 19.7 Å². The maximum Gasteiger partial charge on any atom is 0.246 e. The van der Waals surface area contributed by atoms with E-state index in [1.165, 1.54) is 18.2 Å². The van der Waals surface area contributed by atoms with Crippen molar-refractivity contribution < 1.29 is 14.3 Å². The van der Waals surface area contributed by atoms with Gasteiger partial charge < -0.3 is 10.0 Å². The van der Waals surface area contributed by atoms with E-state index < -0.39 is 0 Å². The third-order valence-electron chi connectivity index (χ3n) is 3.55. The number of aliphatic hydroxyl groups excluding tert-OH is 1. The quantitative estimate of drug-likeness (QED) is 0.859. The maximum absolute atomic E-state index is 13.5. The number of likely N-dealkylation sites (tertiary alicyclic amines) is 1. The van der Waals surface area contributed by atoms with Crippen molar-refractivity contribution in [3.8, 4) is 0 Å². The van der Waals surface area contributed by atoms with Crippen LogP contribution in [0.15, 0.2) is 28.7 Å². The molecule has 1 aromatic carbocycles. The van der Waals surface area contributed by atoms with Gasteiger partial charge >= 0.3 is 0 Å². The molecule has 1 fully saturated rings. The first-order valence-corrected chi connectivity index (χ1v) is 7.42. The van der Waals surface area contributed by atoms with E-state index in [9.17, 15) is 9.18 Å². The van der Waals surface area contributed by atoms with Crippen molar-refractivity contribution in [3.63, 3.8) is 0 Å². The van der Waals surface area contributed by atoms with Gasteiger partial charge in [-0.25, -0.2) is 4.39 Å². The van der Waals surface area contributed by atoms with Crippen molar-refractivity contribution in [2.45, 2.75) is 12.8 Å². The fourth-order valence-corrected chi connectivity index (χ4v) is 2.62. The third kappa shape index (κ3) is 3.90. The van der Waals surface area contributed by atoms with Crippen molar-refractivity contribution in [3.05, 3.63) is 40.1 Å². The van der Waals surface area contributed by atoms with Gasteiger partial charge in [-0.3, -0.25) is 4.79 Å². The van der Waals surface area contributed by atoms with E-state index in [-0.39, 0.29) is 18.3 Å². The van der Waals surface area contributed by atoms with E-state index in [1.807, 2.05) is 0 Å². The fourth-order valence-electron chi connectivity index (χ4n) is 2.24. The lowest BCUT2D eigenvalue weighted by Crippen LogP contribution is -2.38. The number of rotatable bonds is 3. The van der Waals surface area contributed by atoms with Gasteiger partial charge in [0.15, 0.2) is 0 Å². The number of carbonyl (C=O) groups excluding carboxylic acids is 1. The Morgan fingerprint density at radius 2 is 2.15 bits per heavy atom. The molecule has 20 heavy (non-hydrogen) atoms. The van der Waals surface area contributed by atoms with E-state index in [0.717, 1.165) is 17.3 Å². The van der Waals surface area contributed by atoms with E-state index in [0.29, 0.717) is 24.6 Å². The van der Waals surface area contributed by atoms with Gasteiger partial charge in [-0.15, -0.1) is 0 Å². The number of aliphatic hydroxyl groups is 1. The number of halogens is 2. The highest BCUT2D eigenvalue weighted by Gasteiger charge is 2.20. The molecule has 1 amide bonds. The Labute approximate surface area is 126 Å². The van der Waals surface area contributed by atoms with Crippen LogP contribution in [0.4, 0.5) is 4.39 Å². The van der Waals surface area contributed by atoms with Gasteiger partial charge in [-0.2, -0.15) is 0 Å². The fraction of sp³-hybridized carbons (Fsp3) is 0.400. The summed E-state index contributed by atoms with van der Waals surface area (Å²) >= 11 is 3.27. The molecule has 0 spiro atoms. The molecule has 1 heterocycles. The minimum absolute atomic E-state index is 0.110. The summed E-state index contributed by atoms with van der Waals surface area (Å²) in [7, 11) is 0. The summed E-state index contributed by atoms with van der Waals surface area (Å²) in [6.45, 7) is 1.48. The van der Waals surface area contributed by atoms with Crippen LogP contribution in [-0.2, 0) is 4.79 Å². The summed E-state index contributed by atoms with van der Waals surface area (Å²) in [6, 6.07) is 4.62. The Morgan fingerprint density at radius 1 is 1.45 bits per heavy atom. The summed E-state index contributed by atoms with van der Waals surface area (Å²) < 4.78 is 14.3. The zero-order chi connectivity index (χ0) is 14.5. The summed E-state index contributed by atoms with van der Waals surface area (Å²) in [4.78, 5) is 13.7. The lowest BCUT2D eigenvalue weighted by molar-refractivity contribution is -0.127. The molecular formula is C15H17BrFNO2. The average Bonchev–Trinajstić information content (AvgIpc) is 2.48. The van der Waals surface area contributed by atoms with Crippen LogP contribution in [0.1, 0.15) is 18.4 Å². The van der Waals surface area contributed by atoms with Gasteiger partial charge in [0, 0.05) is 35.8 Å². The molecule has 108 valence electrons. The van der Waals surface area contributed by atoms with Crippen molar-refractivity contribution in [1.82, 2.24) is 4.90 Å². The van der Waals surface area contributed by atoms with E-state index in [1.54, 1.807) is 17.0 Å². The van der Waals surface area contributed by atoms with Crippen LogP contribution < -0.4 is 0 Å². The van der Waals surface area contributed by atoms with Crippen LogP contribution in [-0.4, -0.2) is 35.6 Å². The number of piperidine rings is 1. The second-order valence-corrected chi connectivity index (χ2v) is 5.87. The number of nitrogens with zero attached hydrogens (tertiary/aromatic N) is 1. The Hall–Kier alpha value is -1.20. The standard InChI is InChI=1S/C15H17BrFNO2/c16-13-2-3-14(17)12(9-13)1-4-15(20)18-7-5-11(10-19)6-8-18/h1-4,9,11,19H,5-8,10H2/b4-1+. The number of hydrogen-bond donors (Lipinski definition) is 1. The Kier molecular flexibility index (Phi) is 5.31. The molecule has 0 atom stereocenters. The molecule has 1 N–H and O–H groups in total. The minimum atomic E-state index is -0.351.